The number of nitrogens with zero attached hydrogens (tertiary/aromatic N) is 2. The van der Waals surface area contributed by atoms with Crippen molar-refractivity contribution in [1.82, 2.24) is 15.0 Å². The van der Waals surface area contributed by atoms with E-state index in [1.54, 1.807) is 36.5 Å². The van der Waals surface area contributed by atoms with Gasteiger partial charge in [-0.15, -0.1) is 0 Å². The minimum atomic E-state index is -4.26. The van der Waals surface area contributed by atoms with Crippen LogP contribution >= 0.6 is 0 Å². The summed E-state index contributed by atoms with van der Waals surface area (Å²) in [6, 6.07) is 16.5. The third kappa shape index (κ3) is 6.12. The predicted octanol–water partition coefficient (Wildman–Crippen LogP) is 2.49. The lowest BCUT2D eigenvalue weighted by molar-refractivity contribution is -0.122. The second kappa shape index (κ2) is 10.3. The highest BCUT2D eigenvalue weighted by Crippen LogP contribution is 2.15. The van der Waals surface area contributed by atoms with Gasteiger partial charge in [-0.2, -0.15) is 4.72 Å². The maximum atomic E-state index is 14.1. The van der Waals surface area contributed by atoms with Crippen molar-refractivity contribution >= 4 is 21.7 Å². The quantitative estimate of drug-likeness (QED) is 0.516. The molecule has 0 saturated carbocycles. The summed E-state index contributed by atoms with van der Waals surface area (Å²) >= 11 is 0. The number of hydrogen-bond acceptors (Lipinski definition) is 5. The van der Waals surface area contributed by atoms with E-state index >= 15 is 0 Å². The molecule has 0 unspecified atom stereocenters. The molecule has 0 spiro atoms. The average Bonchev–Trinajstić information content (AvgIpc) is 2.78. The van der Waals surface area contributed by atoms with E-state index in [4.69, 9.17) is 0 Å². The molecule has 0 fully saturated rings. The zero-order valence-corrected chi connectivity index (χ0v) is 18.6. The Balaban J connectivity index is 1.80. The van der Waals surface area contributed by atoms with Crippen molar-refractivity contribution in [3.63, 3.8) is 0 Å². The summed E-state index contributed by atoms with van der Waals surface area (Å²) in [5.41, 5.74) is 1.58. The molecule has 168 valence electrons. The van der Waals surface area contributed by atoms with E-state index in [-0.39, 0.29) is 13.0 Å². The van der Waals surface area contributed by atoms with E-state index in [1.807, 2.05) is 31.1 Å². The summed E-state index contributed by atoms with van der Waals surface area (Å²) in [7, 11) is -0.540. The maximum absolute atomic E-state index is 14.1. The maximum Gasteiger partial charge on any atom is 0.244 e. The lowest BCUT2D eigenvalue weighted by Crippen LogP contribution is -2.47. The first kappa shape index (κ1) is 23.4. The minimum Gasteiger partial charge on any atom is -0.363 e. The fraction of sp³-hybridized carbons (Fsp3) is 0.217. The Hall–Kier alpha value is -3.30. The van der Waals surface area contributed by atoms with Crippen molar-refractivity contribution in [2.45, 2.75) is 23.9 Å². The van der Waals surface area contributed by atoms with Crippen molar-refractivity contribution in [3.8, 4) is 0 Å². The van der Waals surface area contributed by atoms with Crippen LogP contribution in [-0.2, 0) is 27.8 Å². The molecule has 1 amide bonds. The third-order valence-electron chi connectivity index (χ3n) is 4.76. The molecule has 0 radical (unpaired) electrons. The van der Waals surface area contributed by atoms with Crippen LogP contribution in [0.15, 0.2) is 77.8 Å². The van der Waals surface area contributed by atoms with Crippen LogP contribution in [0.5, 0.6) is 0 Å². The predicted molar refractivity (Wildman–Crippen MR) is 121 cm³/mol. The number of hydrogen-bond donors (Lipinski definition) is 2. The van der Waals surface area contributed by atoms with Crippen molar-refractivity contribution < 1.29 is 17.6 Å². The number of benzene rings is 2. The van der Waals surface area contributed by atoms with Crippen molar-refractivity contribution in [3.05, 3.63) is 89.9 Å². The molecular formula is C23H25FN4O3S. The van der Waals surface area contributed by atoms with E-state index in [1.165, 1.54) is 12.1 Å². The monoisotopic (exact) mass is 456 g/mol. The molecule has 1 aromatic heterocycles. The zero-order valence-electron chi connectivity index (χ0n) is 17.8. The summed E-state index contributed by atoms with van der Waals surface area (Å²) in [5.74, 6) is -0.665. The lowest BCUT2D eigenvalue weighted by atomic mass is 10.1. The average molecular weight is 457 g/mol. The first-order valence-corrected chi connectivity index (χ1v) is 11.5. The van der Waals surface area contributed by atoms with Crippen molar-refractivity contribution in [2.75, 3.05) is 19.0 Å². The fourth-order valence-corrected chi connectivity index (χ4v) is 4.35. The first-order valence-electron chi connectivity index (χ1n) is 9.97. The number of carbonyl (C=O) groups excluding carboxylic acids is 1. The SMILES string of the molecule is CN(C)c1cc(CNC(=O)[C@H](Cc2ccccc2)NS(=O)(=O)c2ccccc2F)ccn1. The highest BCUT2D eigenvalue weighted by molar-refractivity contribution is 7.89. The number of aromatic nitrogens is 1. The molecule has 3 aromatic rings. The largest absolute Gasteiger partial charge is 0.363 e. The van der Waals surface area contributed by atoms with Crippen LogP contribution in [0.1, 0.15) is 11.1 Å². The van der Waals surface area contributed by atoms with E-state index in [0.717, 1.165) is 29.1 Å². The Morgan fingerprint density at radius 2 is 1.72 bits per heavy atom. The zero-order chi connectivity index (χ0) is 23.1. The molecule has 2 aromatic carbocycles. The number of amides is 1. The Kier molecular flexibility index (Phi) is 7.55. The second-order valence-corrected chi connectivity index (χ2v) is 9.11. The van der Waals surface area contributed by atoms with Gasteiger partial charge in [0.1, 0.15) is 22.6 Å². The van der Waals surface area contributed by atoms with Gasteiger partial charge in [-0.25, -0.2) is 17.8 Å². The molecule has 9 heteroatoms. The molecule has 0 bridgehead atoms. The smallest absolute Gasteiger partial charge is 0.244 e. The number of sulfonamides is 1. The Morgan fingerprint density at radius 1 is 1.03 bits per heavy atom. The summed E-state index contributed by atoms with van der Waals surface area (Å²) in [6.07, 6.45) is 1.75. The van der Waals surface area contributed by atoms with Crippen LogP contribution in [0, 0.1) is 5.82 Å². The van der Waals surface area contributed by atoms with E-state index in [2.05, 4.69) is 15.0 Å². The van der Waals surface area contributed by atoms with Gasteiger partial charge in [0.15, 0.2) is 0 Å². The Labute approximate surface area is 187 Å². The summed E-state index contributed by atoms with van der Waals surface area (Å²) < 4.78 is 42.1. The third-order valence-corrected chi connectivity index (χ3v) is 6.26. The lowest BCUT2D eigenvalue weighted by Gasteiger charge is -2.19. The van der Waals surface area contributed by atoms with Gasteiger partial charge < -0.3 is 10.2 Å². The molecule has 1 atom stereocenters. The number of nitrogens with one attached hydrogen (secondary N) is 2. The molecular weight excluding hydrogens is 431 g/mol. The standard InChI is InChI=1S/C23H25FN4O3S/c1-28(2)22-15-18(12-13-25-22)16-26-23(29)20(14-17-8-4-3-5-9-17)27-32(30,31)21-11-7-6-10-19(21)24/h3-13,15,20,27H,14,16H2,1-2H3,(H,26,29)/t20-/m0/s1. The van der Waals surface area contributed by atoms with Gasteiger partial charge in [0.25, 0.3) is 0 Å². The van der Waals surface area contributed by atoms with Crippen LogP contribution in [0.25, 0.3) is 0 Å². The number of rotatable bonds is 9. The van der Waals surface area contributed by atoms with Gasteiger partial charge in [-0.1, -0.05) is 42.5 Å². The number of pyridine rings is 1. The summed E-state index contributed by atoms with van der Waals surface area (Å²) in [6.45, 7) is 0.189. The molecule has 0 aliphatic carbocycles. The normalized spacial score (nSPS) is 12.2. The first-order chi connectivity index (χ1) is 15.3. The van der Waals surface area contributed by atoms with Gasteiger partial charge in [-0.05, 0) is 41.8 Å². The van der Waals surface area contributed by atoms with Crippen LogP contribution in [-0.4, -0.2) is 39.4 Å². The molecule has 2 N–H and O–H groups in total. The van der Waals surface area contributed by atoms with Gasteiger partial charge in [-0.3, -0.25) is 4.79 Å². The molecule has 3 rings (SSSR count). The highest BCUT2D eigenvalue weighted by atomic mass is 32.2. The molecule has 32 heavy (non-hydrogen) atoms. The van der Waals surface area contributed by atoms with Crippen LogP contribution in [0.4, 0.5) is 10.2 Å². The summed E-state index contributed by atoms with van der Waals surface area (Å²) in [5, 5.41) is 2.77. The van der Waals surface area contributed by atoms with E-state index in [0.29, 0.717) is 0 Å². The van der Waals surface area contributed by atoms with Gasteiger partial charge >= 0.3 is 0 Å². The molecule has 7 nitrogen and oxygen atoms in total. The topological polar surface area (TPSA) is 91.4 Å². The van der Waals surface area contributed by atoms with Gasteiger partial charge in [0, 0.05) is 26.8 Å². The van der Waals surface area contributed by atoms with E-state index in [9.17, 15) is 17.6 Å². The van der Waals surface area contributed by atoms with Crippen LogP contribution < -0.4 is 14.9 Å². The Bertz CT molecular complexity index is 1170. The number of anilines is 1. The second-order valence-electron chi connectivity index (χ2n) is 7.43. The minimum absolute atomic E-state index is 0.111. The molecule has 1 heterocycles. The Morgan fingerprint density at radius 3 is 2.41 bits per heavy atom. The molecule has 0 aliphatic rings. The van der Waals surface area contributed by atoms with Gasteiger partial charge in [0.05, 0.1) is 0 Å². The van der Waals surface area contributed by atoms with Gasteiger partial charge in [0.2, 0.25) is 15.9 Å². The van der Waals surface area contributed by atoms with Crippen molar-refractivity contribution in [2.24, 2.45) is 0 Å². The molecule has 0 saturated heterocycles. The van der Waals surface area contributed by atoms with E-state index < -0.39 is 32.7 Å². The number of carbonyl (C=O) groups is 1. The van der Waals surface area contributed by atoms with Crippen LogP contribution in [0.2, 0.25) is 0 Å². The number of halogens is 1. The summed E-state index contributed by atoms with van der Waals surface area (Å²) in [4.78, 5) is 18.5. The fourth-order valence-electron chi connectivity index (χ4n) is 3.08. The molecule has 0 aliphatic heterocycles. The van der Waals surface area contributed by atoms with Crippen LogP contribution in [0.3, 0.4) is 0 Å². The highest BCUT2D eigenvalue weighted by Gasteiger charge is 2.27. The van der Waals surface area contributed by atoms with Crippen molar-refractivity contribution in [1.29, 1.82) is 0 Å².